The topological polar surface area (TPSA) is 75.6 Å². The standard InChI is InChI=1S/C20H18N6/c1-13-6-3-9-16(14(13)2)24-20-25-18(12-22-26-20)23-17-10-4-7-15-8-5-11-21-19(15)17/h3-12H,1-2H3,(H2,23,24,25,26). The first-order valence-corrected chi connectivity index (χ1v) is 8.34. The van der Waals surface area contributed by atoms with Crippen LogP contribution in [-0.4, -0.2) is 20.2 Å². The number of benzene rings is 2. The summed E-state index contributed by atoms with van der Waals surface area (Å²) in [5, 5.41) is 15.7. The lowest BCUT2D eigenvalue weighted by atomic mass is 10.1. The zero-order chi connectivity index (χ0) is 17.9. The number of nitrogens with zero attached hydrogens (tertiary/aromatic N) is 4. The molecule has 0 radical (unpaired) electrons. The Labute approximate surface area is 151 Å². The minimum atomic E-state index is 0.442. The van der Waals surface area contributed by atoms with Crippen molar-refractivity contribution in [1.82, 2.24) is 20.2 Å². The van der Waals surface area contributed by atoms with Gasteiger partial charge in [-0.05, 0) is 43.2 Å². The summed E-state index contributed by atoms with van der Waals surface area (Å²) < 4.78 is 0. The van der Waals surface area contributed by atoms with Crippen LogP contribution in [0.25, 0.3) is 10.9 Å². The summed E-state index contributed by atoms with van der Waals surface area (Å²) in [5.74, 6) is 1.04. The maximum atomic E-state index is 4.52. The summed E-state index contributed by atoms with van der Waals surface area (Å²) in [7, 11) is 0. The van der Waals surface area contributed by atoms with Crippen molar-refractivity contribution in [3.05, 3.63) is 72.1 Å². The quantitative estimate of drug-likeness (QED) is 0.568. The molecule has 0 bridgehead atoms. The van der Waals surface area contributed by atoms with E-state index in [0.717, 1.165) is 27.8 Å². The molecule has 2 aromatic carbocycles. The number of anilines is 4. The van der Waals surface area contributed by atoms with Crippen LogP contribution >= 0.6 is 0 Å². The number of fused-ring (bicyclic) bond motifs is 1. The van der Waals surface area contributed by atoms with Gasteiger partial charge in [0.2, 0.25) is 5.95 Å². The lowest BCUT2D eigenvalue weighted by Crippen LogP contribution is -2.04. The molecule has 0 aliphatic rings. The van der Waals surface area contributed by atoms with Gasteiger partial charge in [-0.3, -0.25) is 4.98 Å². The number of aryl methyl sites for hydroxylation is 1. The molecule has 6 heteroatoms. The highest BCUT2D eigenvalue weighted by Gasteiger charge is 2.07. The Kier molecular flexibility index (Phi) is 4.15. The number of hydrogen-bond donors (Lipinski definition) is 2. The predicted molar refractivity (Wildman–Crippen MR) is 104 cm³/mol. The van der Waals surface area contributed by atoms with Gasteiger partial charge in [-0.25, -0.2) is 0 Å². The van der Waals surface area contributed by atoms with Crippen molar-refractivity contribution in [1.29, 1.82) is 0 Å². The third kappa shape index (κ3) is 3.17. The average Bonchev–Trinajstić information content (AvgIpc) is 2.66. The van der Waals surface area contributed by atoms with Crippen LogP contribution in [0.15, 0.2) is 60.9 Å². The monoisotopic (exact) mass is 342 g/mol. The molecular weight excluding hydrogens is 324 g/mol. The van der Waals surface area contributed by atoms with Crippen molar-refractivity contribution in [3.63, 3.8) is 0 Å². The molecule has 2 N–H and O–H groups in total. The van der Waals surface area contributed by atoms with E-state index in [2.05, 4.69) is 50.7 Å². The van der Waals surface area contributed by atoms with Crippen LogP contribution in [0.4, 0.5) is 23.1 Å². The Morgan fingerprint density at radius 3 is 2.58 bits per heavy atom. The highest BCUT2D eigenvalue weighted by molar-refractivity contribution is 5.91. The molecule has 0 atom stereocenters. The van der Waals surface area contributed by atoms with Crippen LogP contribution in [0.1, 0.15) is 11.1 Å². The van der Waals surface area contributed by atoms with Crippen LogP contribution in [0.2, 0.25) is 0 Å². The second-order valence-electron chi connectivity index (χ2n) is 6.04. The van der Waals surface area contributed by atoms with Gasteiger partial charge >= 0.3 is 0 Å². The fourth-order valence-corrected chi connectivity index (χ4v) is 2.77. The maximum Gasteiger partial charge on any atom is 0.249 e. The van der Waals surface area contributed by atoms with E-state index >= 15 is 0 Å². The van der Waals surface area contributed by atoms with Gasteiger partial charge in [0.15, 0.2) is 5.82 Å². The van der Waals surface area contributed by atoms with Gasteiger partial charge in [0.05, 0.1) is 17.4 Å². The van der Waals surface area contributed by atoms with E-state index in [9.17, 15) is 0 Å². The Bertz CT molecular complexity index is 1070. The number of rotatable bonds is 4. The van der Waals surface area contributed by atoms with E-state index in [1.165, 1.54) is 5.56 Å². The molecule has 0 spiro atoms. The molecule has 2 aromatic heterocycles. The fourth-order valence-electron chi connectivity index (χ4n) is 2.77. The van der Waals surface area contributed by atoms with E-state index < -0.39 is 0 Å². The van der Waals surface area contributed by atoms with E-state index in [4.69, 9.17) is 0 Å². The van der Waals surface area contributed by atoms with Crippen LogP contribution in [0.5, 0.6) is 0 Å². The van der Waals surface area contributed by atoms with Crippen LogP contribution in [-0.2, 0) is 0 Å². The molecule has 4 aromatic rings. The molecule has 0 unspecified atom stereocenters. The van der Waals surface area contributed by atoms with Crippen molar-refractivity contribution < 1.29 is 0 Å². The third-order valence-electron chi connectivity index (χ3n) is 4.31. The van der Waals surface area contributed by atoms with Gasteiger partial charge in [0.25, 0.3) is 0 Å². The molecule has 0 amide bonds. The normalized spacial score (nSPS) is 10.7. The molecule has 128 valence electrons. The first kappa shape index (κ1) is 16.0. The SMILES string of the molecule is Cc1cccc(Nc2nncc(Nc3cccc4cccnc34)n2)c1C. The Hall–Kier alpha value is -3.54. The second-order valence-corrected chi connectivity index (χ2v) is 6.04. The molecule has 0 saturated heterocycles. The summed E-state index contributed by atoms with van der Waals surface area (Å²) in [5.41, 5.74) is 5.10. The first-order chi connectivity index (χ1) is 12.7. The van der Waals surface area contributed by atoms with Crippen molar-refractivity contribution in [2.75, 3.05) is 10.6 Å². The van der Waals surface area contributed by atoms with Gasteiger partial charge in [-0.2, -0.15) is 10.1 Å². The Balaban J connectivity index is 1.62. The number of hydrogen-bond acceptors (Lipinski definition) is 6. The number of pyridine rings is 1. The summed E-state index contributed by atoms with van der Waals surface area (Å²) in [4.78, 5) is 8.96. The fraction of sp³-hybridized carbons (Fsp3) is 0.100. The lowest BCUT2D eigenvalue weighted by Gasteiger charge is -2.11. The smallest absolute Gasteiger partial charge is 0.249 e. The molecule has 0 fully saturated rings. The molecule has 6 nitrogen and oxygen atoms in total. The summed E-state index contributed by atoms with van der Waals surface area (Å²) in [6, 6.07) is 16.0. The number of para-hydroxylation sites is 1. The zero-order valence-electron chi connectivity index (χ0n) is 14.6. The summed E-state index contributed by atoms with van der Waals surface area (Å²) >= 11 is 0. The summed E-state index contributed by atoms with van der Waals surface area (Å²) in [6.07, 6.45) is 3.37. The molecule has 4 rings (SSSR count). The lowest BCUT2D eigenvalue weighted by molar-refractivity contribution is 0.981. The number of aromatic nitrogens is 4. The predicted octanol–water partition coefficient (Wildman–Crippen LogP) is 4.52. The molecule has 0 aliphatic heterocycles. The van der Waals surface area contributed by atoms with Crippen molar-refractivity contribution in [2.24, 2.45) is 0 Å². The highest BCUT2D eigenvalue weighted by atomic mass is 15.3. The van der Waals surface area contributed by atoms with Gasteiger partial charge in [-0.15, -0.1) is 5.10 Å². The van der Waals surface area contributed by atoms with Gasteiger partial charge in [-0.1, -0.05) is 30.3 Å². The molecular formula is C20H18N6. The highest BCUT2D eigenvalue weighted by Crippen LogP contribution is 2.25. The molecule has 0 aliphatic carbocycles. The van der Waals surface area contributed by atoms with Crippen molar-refractivity contribution >= 4 is 34.0 Å². The van der Waals surface area contributed by atoms with E-state index in [0.29, 0.717) is 11.8 Å². The second kappa shape index (κ2) is 6.76. The molecule has 2 heterocycles. The average molecular weight is 342 g/mol. The van der Waals surface area contributed by atoms with Crippen LogP contribution < -0.4 is 10.6 Å². The largest absolute Gasteiger partial charge is 0.337 e. The maximum absolute atomic E-state index is 4.52. The summed E-state index contributed by atoms with van der Waals surface area (Å²) in [6.45, 7) is 4.14. The van der Waals surface area contributed by atoms with Crippen molar-refractivity contribution in [2.45, 2.75) is 13.8 Å². The van der Waals surface area contributed by atoms with Gasteiger partial charge < -0.3 is 10.6 Å². The minimum absolute atomic E-state index is 0.442. The first-order valence-electron chi connectivity index (χ1n) is 8.34. The van der Waals surface area contributed by atoms with E-state index in [1.807, 2.05) is 42.5 Å². The number of nitrogens with one attached hydrogen (secondary N) is 2. The zero-order valence-corrected chi connectivity index (χ0v) is 14.6. The Morgan fingerprint density at radius 2 is 1.65 bits per heavy atom. The van der Waals surface area contributed by atoms with E-state index in [-0.39, 0.29) is 0 Å². The van der Waals surface area contributed by atoms with Gasteiger partial charge in [0, 0.05) is 17.3 Å². The Morgan fingerprint density at radius 1 is 0.846 bits per heavy atom. The third-order valence-corrected chi connectivity index (χ3v) is 4.31. The molecule has 0 saturated carbocycles. The van der Waals surface area contributed by atoms with Crippen molar-refractivity contribution in [3.8, 4) is 0 Å². The van der Waals surface area contributed by atoms with Crippen LogP contribution in [0.3, 0.4) is 0 Å². The van der Waals surface area contributed by atoms with Gasteiger partial charge in [0.1, 0.15) is 0 Å². The molecule has 26 heavy (non-hydrogen) atoms. The van der Waals surface area contributed by atoms with E-state index in [1.54, 1.807) is 12.4 Å². The van der Waals surface area contributed by atoms with Crippen LogP contribution in [0, 0.1) is 13.8 Å². The minimum Gasteiger partial charge on any atom is -0.337 e.